The third-order valence-electron chi connectivity index (χ3n) is 3.30. The summed E-state index contributed by atoms with van der Waals surface area (Å²) in [5.41, 5.74) is 2.51. The van der Waals surface area contributed by atoms with Crippen molar-refractivity contribution in [2.45, 2.75) is 0 Å². The Morgan fingerprint density at radius 3 is 2.39 bits per heavy atom. The molecule has 0 aliphatic rings. The SMILES string of the molecule is c1ccc(-n2c3ccccc3c3ccsc32)cc1. The summed E-state index contributed by atoms with van der Waals surface area (Å²) in [6.07, 6.45) is 0. The zero-order valence-electron chi connectivity index (χ0n) is 9.71. The van der Waals surface area contributed by atoms with E-state index in [1.807, 2.05) is 0 Å². The summed E-state index contributed by atoms with van der Waals surface area (Å²) >= 11 is 1.80. The van der Waals surface area contributed by atoms with Crippen molar-refractivity contribution >= 4 is 32.5 Å². The van der Waals surface area contributed by atoms with Crippen LogP contribution < -0.4 is 0 Å². The quantitative estimate of drug-likeness (QED) is 0.454. The highest BCUT2D eigenvalue weighted by Crippen LogP contribution is 2.34. The number of nitrogens with zero attached hydrogens (tertiary/aromatic N) is 1. The van der Waals surface area contributed by atoms with E-state index in [-0.39, 0.29) is 0 Å². The van der Waals surface area contributed by atoms with Crippen LogP contribution in [0.3, 0.4) is 0 Å². The fraction of sp³-hybridized carbons (Fsp3) is 0. The zero-order valence-corrected chi connectivity index (χ0v) is 10.5. The Morgan fingerprint density at radius 1 is 0.722 bits per heavy atom. The van der Waals surface area contributed by atoms with E-state index in [2.05, 4.69) is 70.6 Å². The van der Waals surface area contributed by atoms with E-state index in [1.165, 1.54) is 26.8 Å². The monoisotopic (exact) mass is 249 g/mol. The number of hydrogen-bond donors (Lipinski definition) is 0. The summed E-state index contributed by atoms with van der Waals surface area (Å²) in [5.74, 6) is 0. The van der Waals surface area contributed by atoms with Gasteiger partial charge in [-0.05, 0) is 29.6 Å². The number of hydrogen-bond acceptors (Lipinski definition) is 1. The number of para-hydroxylation sites is 2. The molecule has 4 rings (SSSR count). The summed E-state index contributed by atoms with van der Waals surface area (Å²) in [7, 11) is 0. The minimum Gasteiger partial charge on any atom is -0.301 e. The highest BCUT2D eigenvalue weighted by Gasteiger charge is 2.11. The van der Waals surface area contributed by atoms with Gasteiger partial charge in [-0.3, -0.25) is 0 Å². The van der Waals surface area contributed by atoms with Gasteiger partial charge in [0.2, 0.25) is 0 Å². The first-order valence-electron chi connectivity index (χ1n) is 5.97. The average Bonchev–Trinajstić information content (AvgIpc) is 2.99. The first-order chi connectivity index (χ1) is 8.95. The maximum absolute atomic E-state index is 2.34. The van der Waals surface area contributed by atoms with E-state index in [9.17, 15) is 0 Å². The smallest absolute Gasteiger partial charge is 0.108 e. The maximum Gasteiger partial charge on any atom is 0.108 e. The lowest BCUT2D eigenvalue weighted by atomic mass is 10.2. The second-order valence-corrected chi connectivity index (χ2v) is 5.22. The molecule has 0 bridgehead atoms. The molecule has 0 radical (unpaired) electrons. The van der Waals surface area contributed by atoms with Crippen molar-refractivity contribution < 1.29 is 0 Å². The van der Waals surface area contributed by atoms with Crippen LogP contribution in [-0.4, -0.2) is 4.57 Å². The first-order valence-corrected chi connectivity index (χ1v) is 6.85. The molecule has 2 aromatic carbocycles. The lowest BCUT2D eigenvalue weighted by Gasteiger charge is -2.05. The largest absolute Gasteiger partial charge is 0.301 e. The minimum absolute atomic E-state index is 1.23. The van der Waals surface area contributed by atoms with Crippen molar-refractivity contribution in [3.05, 3.63) is 66.0 Å². The van der Waals surface area contributed by atoms with Crippen molar-refractivity contribution in [1.29, 1.82) is 0 Å². The Kier molecular flexibility index (Phi) is 2.05. The topological polar surface area (TPSA) is 4.93 Å². The molecule has 1 nitrogen and oxygen atoms in total. The van der Waals surface area contributed by atoms with Gasteiger partial charge >= 0.3 is 0 Å². The Bertz CT molecular complexity index is 824. The van der Waals surface area contributed by atoms with Gasteiger partial charge < -0.3 is 4.57 Å². The van der Waals surface area contributed by atoms with Crippen LogP contribution in [0.25, 0.3) is 26.8 Å². The second-order valence-electron chi connectivity index (χ2n) is 4.33. The van der Waals surface area contributed by atoms with Crippen molar-refractivity contribution in [2.24, 2.45) is 0 Å². The molecule has 0 spiro atoms. The Hall–Kier alpha value is -2.06. The molecular weight excluding hydrogens is 238 g/mol. The highest BCUT2D eigenvalue weighted by molar-refractivity contribution is 7.17. The van der Waals surface area contributed by atoms with Gasteiger partial charge in [-0.25, -0.2) is 0 Å². The number of fused-ring (bicyclic) bond motifs is 3. The van der Waals surface area contributed by atoms with E-state index in [4.69, 9.17) is 0 Å². The van der Waals surface area contributed by atoms with Crippen LogP contribution in [0.1, 0.15) is 0 Å². The molecule has 0 atom stereocenters. The summed E-state index contributed by atoms with van der Waals surface area (Å²) in [5, 5.41) is 4.84. The number of benzene rings is 2. The molecule has 0 amide bonds. The van der Waals surface area contributed by atoms with Crippen LogP contribution in [0.5, 0.6) is 0 Å². The molecule has 18 heavy (non-hydrogen) atoms. The molecular formula is C16H11NS. The van der Waals surface area contributed by atoms with Gasteiger partial charge in [0, 0.05) is 16.5 Å². The lowest BCUT2D eigenvalue weighted by Crippen LogP contribution is -1.91. The number of thiophene rings is 1. The molecule has 0 N–H and O–H groups in total. The van der Waals surface area contributed by atoms with Gasteiger partial charge in [0.25, 0.3) is 0 Å². The summed E-state index contributed by atoms with van der Waals surface area (Å²) in [6, 6.07) is 21.4. The van der Waals surface area contributed by atoms with Gasteiger partial charge in [0.1, 0.15) is 4.83 Å². The molecule has 0 aliphatic carbocycles. The molecule has 2 aromatic heterocycles. The van der Waals surface area contributed by atoms with Crippen LogP contribution in [0.2, 0.25) is 0 Å². The molecule has 86 valence electrons. The Balaban J connectivity index is 2.22. The molecule has 0 aliphatic heterocycles. The van der Waals surface area contributed by atoms with Crippen LogP contribution in [0.15, 0.2) is 66.0 Å². The molecule has 0 saturated carbocycles. The predicted molar refractivity (Wildman–Crippen MR) is 78.7 cm³/mol. The van der Waals surface area contributed by atoms with Gasteiger partial charge in [0.15, 0.2) is 0 Å². The second kappa shape index (κ2) is 3.72. The standard InChI is InChI=1S/C16H11NS/c1-2-6-12(7-3-1)17-15-9-5-4-8-13(15)14-10-11-18-16(14)17/h1-11H. The predicted octanol–water partition coefficient (Wildman–Crippen LogP) is 4.85. The normalized spacial score (nSPS) is 11.3. The van der Waals surface area contributed by atoms with E-state index in [0.717, 1.165) is 0 Å². The van der Waals surface area contributed by atoms with E-state index in [0.29, 0.717) is 0 Å². The van der Waals surface area contributed by atoms with Crippen LogP contribution in [-0.2, 0) is 0 Å². The summed E-state index contributed by atoms with van der Waals surface area (Å²) < 4.78 is 2.34. The van der Waals surface area contributed by atoms with Crippen LogP contribution in [0.4, 0.5) is 0 Å². The first kappa shape index (κ1) is 9.92. The van der Waals surface area contributed by atoms with Gasteiger partial charge in [0.05, 0.1) is 5.52 Å². The highest BCUT2D eigenvalue weighted by atomic mass is 32.1. The molecule has 2 heterocycles. The van der Waals surface area contributed by atoms with Crippen molar-refractivity contribution in [1.82, 2.24) is 4.57 Å². The molecule has 0 unspecified atom stereocenters. The van der Waals surface area contributed by atoms with E-state index >= 15 is 0 Å². The summed E-state index contributed by atoms with van der Waals surface area (Å²) in [6.45, 7) is 0. The van der Waals surface area contributed by atoms with Crippen LogP contribution in [0, 0.1) is 0 Å². The fourth-order valence-electron chi connectivity index (χ4n) is 2.52. The minimum atomic E-state index is 1.23. The molecule has 4 aromatic rings. The number of rotatable bonds is 1. The fourth-order valence-corrected chi connectivity index (χ4v) is 3.47. The van der Waals surface area contributed by atoms with Crippen LogP contribution >= 0.6 is 11.3 Å². The van der Waals surface area contributed by atoms with E-state index in [1.54, 1.807) is 11.3 Å². The summed E-state index contributed by atoms with van der Waals surface area (Å²) in [4.78, 5) is 1.32. The Morgan fingerprint density at radius 2 is 1.50 bits per heavy atom. The molecule has 0 fully saturated rings. The third kappa shape index (κ3) is 1.27. The lowest BCUT2D eigenvalue weighted by molar-refractivity contribution is 1.19. The van der Waals surface area contributed by atoms with Crippen molar-refractivity contribution in [3.63, 3.8) is 0 Å². The third-order valence-corrected chi connectivity index (χ3v) is 4.20. The Labute approximate surface area is 109 Å². The van der Waals surface area contributed by atoms with E-state index < -0.39 is 0 Å². The van der Waals surface area contributed by atoms with Crippen molar-refractivity contribution in [3.8, 4) is 5.69 Å². The van der Waals surface area contributed by atoms with Gasteiger partial charge in [-0.2, -0.15) is 0 Å². The number of aromatic nitrogens is 1. The van der Waals surface area contributed by atoms with Gasteiger partial charge in [-0.1, -0.05) is 36.4 Å². The molecule has 2 heteroatoms. The average molecular weight is 249 g/mol. The van der Waals surface area contributed by atoms with Gasteiger partial charge in [-0.15, -0.1) is 11.3 Å². The zero-order chi connectivity index (χ0) is 11.9. The molecule has 0 saturated heterocycles. The van der Waals surface area contributed by atoms with Crippen molar-refractivity contribution in [2.75, 3.05) is 0 Å². The maximum atomic E-state index is 2.34.